The minimum atomic E-state index is 0.272. The van der Waals surface area contributed by atoms with Gasteiger partial charge in [0.05, 0.1) is 12.2 Å². The van der Waals surface area contributed by atoms with Crippen LogP contribution in [0, 0.1) is 5.92 Å². The van der Waals surface area contributed by atoms with Gasteiger partial charge in [-0.3, -0.25) is 0 Å². The number of methoxy groups -OCH3 is 1. The summed E-state index contributed by atoms with van der Waals surface area (Å²) in [5, 5.41) is 3.57. The molecule has 0 spiro atoms. The van der Waals surface area contributed by atoms with E-state index in [1.807, 2.05) is 6.92 Å². The van der Waals surface area contributed by atoms with Crippen molar-refractivity contribution in [3.63, 3.8) is 0 Å². The topological polar surface area (TPSA) is 30.5 Å². The van der Waals surface area contributed by atoms with Gasteiger partial charge in [0.15, 0.2) is 0 Å². The summed E-state index contributed by atoms with van der Waals surface area (Å²) in [6.45, 7) is 4.00. The van der Waals surface area contributed by atoms with Gasteiger partial charge in [-0.05, 0) is 38.6 Å². The van der Waals surface area contributed by atoms with Gasteiger partial charge in [0, 0.05) is 19.8 Å². The molecule has 3 nitrogen and oxygen atoms in total. The van der Waals surface area contributed by atoms with Crippen molar-refractivity contribution in [1.29, 1.82) is 0 Å². The summed E-state index contributed by atoms with van der Waals surface area (Å²) in [4.78, 5) is 0. The van der Waals surface area contributed by atoms with Crippen molar-refractivity contribution in [3.05, 3.63) is 0 Å². The Bertz CT molecular complexity index is 182. The Labute approximate surface area is 86.2 Å². The van der Waals surface area contributed by atoms with Crippen molar-refractivity contribution in [2.24, 2.45) is 5.92 Å². The van der Waals surface area contributed by atoms with E-state index in [0.29, 0.717) is 12.1 Å². The SMILES string of the molecule is CCOC1CC(NCC2CC2)C1OC. The Hall–Kier alpha value is -0.120. The maximum absolute atomic E-state index is 5.57. The Balaban J connectivity index is 1.67. The lowest BCUT2D eigenvalue weighted by Gasteiger charge is -2.43. The first-order valence-electron chi connectivity index (χ1n) is 5.73. The quantitative estimate of drug-likeness (QED) is 0.697. The molecule has 0 bridgehead atoms. The van der Waals surface area contributed by atoms with Gasteiger partial charge in [0.25, 0.3) is 0 Å². The zero-order valence-corrected chi connectivity index (χ0v) is 9.16. The molecule has 3 atom stereocenters. The fourth-order valence-electron chi connectivity index (χ4n) is 2.11. The van der Waals surface area contributed by atoms with Crippen LogP contribution in [-0.2, 0) is 9.47 Å². The van der Waals surface area contributed by atoms with Crippen molar-refractivity contribution in [2.75, 3.05) is 20.3 Å². The molecule has 0 amide bonds. The summed E-state index contributed by atoms with van der Waals surface area (Å²) in [5.74, 6) is 0.943. The molecular weight excluding hydrogens is 178 g/mol. The van der Waals surface area contributed by atoms with E-state index < -0.39 is 0 Å². The zero-order chi connectivity index (χ0) is 9.97. The zero-order valence-electron chi connectivity index (χ0n) is 9.16. The van der Waals surface area contributed by atoms with Crippen molar-refractivity contribution in [3.8, 4) is 0 Å². The normalized spacial score (nSPS) is 36.9. The van der Waals surface area contributed by atoms with Crippen molar-refractivity contribution >= 4 is 0 Å². The van der Waals surface area contributed by atoms with Gasteiger partial charge in [0.1, 0.15) is 0 Å². The minimum absolute atomic E-state index is 0.272. The molecule has 82 valence electrons. The van der Waals surface area contributed by atoms with E-state index in [1.54, 1.807) is 7.11 Å². The predicted octanol–water partition coefficient (Wildman–Crippen LogP) is 1.18. The van der Waals surface area contributed by atoms with E-state index in [0.717, 1.165) is 18.9 Å². The third kappa shape index (κ3) is 2.27. The van der Waals surface area contributed by atoms with Crippen LogP contribution in [0.3, 0.4) is 0 Å². The molecule has 3 unspecified atom stereocenters. The average Bonchev–Trinajstić information content (AvgIpc) is 2.94. The maximum atomic E-state index is 5.57. The number of rotatable bonds is 6. The Morgan fingerprint density at radius 3 is 2.71 bits per heavy atom. The van der Waals surface area contributed by atoms with Crippen LogP contribution in [0.1, 0.15) is 26.2 Å². The van der Waals surface area contributed by atoms with E-state index in [4.69, 9.17) is 9.47 Å². The molecule has 0 aromatic heterocycles. The second-order valence-corrected chi connectivity index (χ2v) is 4.39. The van der Waals surface area contributed by atoms with Gasteiger partial charge in [-0.15, -0.1) is 0 Å². The van der Waals surface area contributed by atoms with Crippen LogP contribution < -0.4 is 5.32 Å². The van der Waals surface area contributed by atoms with Crippen LogP contribution in [0.15, 0.2) is 0 Å². The van der Waals surface area contributed by atoms with Crippen molar-refractivity contribution < 1.29 is 9.47 Å². The third-order valence-electron chi connectivity index (χ3n) is 3.27. The molecule has 0 aromatic rings. The van der Waals surface area contributed by atoms with Gasteiger partial charge in [-0.25, -0.2) is 0 Å². The van der Waals surface area contributed by atoms with Crippen LogP contribution in [0.2, 0.25) is 0 Å². The maximum Gasteiger partial charge on any atom is 0.0986 e. The van der Waals surface area contributed by atoms with E-state index in [-0.39, 0.29) is 6.10 Å². The number of nitrogens with one attached hydrogen (secondary N) is 1. The first kappa shape index (κ1) is 10.4. The van der Waals surface area contributed by atoms with Crippen LogP contribution in [0.25, 0.3) is 0 Å². The molecule has 0 heterocycles. The van der Waals surface area contributed by atoms with E-state index in [9.17, 15) is 0 Å². The highest BCUT2D eigenvalue weighted by Crippen LogP contribution is 2.31. The second-order valence-electron chi connectivity index (χ2n) is 4.39. The molecule has 0 aliphatic heterocycles. The van der Waals surface area contributed by atoms with Gasteiger partial charge < -0.3 is 14.8 Å². The van der Waals surface area contributed by atoms with Gasteiger partial charge in [-0.1, -0.05) is 0 Å². The molecule has 14 heavy (non-hydrogen) atoms. The molecule has 2 aliphatic carbocycles. The summed E-state index contributed by atoms with van der Waals surface area (Å²) in [6, 6.07) is 0.525. The Kier molecular flexibility index (Phi) is 3.42. The second kappa shape index (κ2) is 4.60. The summed E-state index contributed by atoms with van der Waals surface area (Å²) < 4.78 is 11.0. The minimum Gasteiger partial charge on any atom is -0.377 e. The lowest BCUT2D eigenvalue weighted by Crippen LogP contribution is -2.60. The van der Waals surface area contributed by atoms with Gasteiger partial charge in [0.2, 0.25) is 0 Å². The largest absolute Gasteiger partial charge is 0.377 e. The standard InChI is InChI=1S/C11H21NO2/c1-3-14-10-6-9(11(10)13-2)12-7-8-4-5-8/h8-12H,3-7H2,1-2H3. The summed E-state index contributed by atoms with van der Waals surface area (Å²) in [7, 11) is 1.78. The molecule has 2 fully saturated rings. The lowest BCUT2D eigenvalue weighted by molar-refractivity contribution is -0.131. The predicted molar refractivity (Wildman–Crippen MR) is 55.3 cm³/mol. The van der Waals surface area contributed by atoms with Crippen LogP contribution >= 0.6 is 0 Å². The smallest absolute Gasteiger partial charge is 0.0986 e. The molecule has 0 radical (unpaired) electrons. The van der Waals surface area contributed by atoms with Crippen LogP contribution in [0.5, 0.6) is 0 Å². The molecule has 0 saturated heterocycles. The summed E-state index contributed by atoms with van der Waals surface area (Å²) in [5.41, 5.74) is 0. The number of hydrogen-bond donors (Lipinski definition) is 1. The summed E-state index contributed by atoms with van der Waals surface area (Å²) >= 11 is 0. The third-order valence-corrected chi connectivity index (χ3v) is 3.27. The summed E-state index contributed by atoms with van der Waals surface area (Å²) in [6.07, 6.45) is 4.52. The molecule has 1 N–H and O–H groups in total. The number of ether oxygens (including phenoxy) is 2. The highest BCUT2D eigenvalue weighted by atomic mass is 16.5. The van der Waals surface area contributed by atoms with E-state index >= 15 is 0 Å². The lowest BCUT2D eigenvalue weighted by atomic mass is 9.85. The molecule has 2 saturated carbocycles. The molecule has 2 rings (SSSR count). The van der Waals surface area contributed by atoms with Gasteiger partial charge >= 0.3 is 0 Å². The first-order chi connectivity index (χ1) is 6.85. The fraction of sp³-hybridized carbons (Fsp3) is 1.00. The van der Waals surface area contributed by atoms with Gasteiger partial charge in [-0.2, -0.15) is 0 Å². The molecule has 3 heteroatoms. The Morgan fingerprint density at radius 1 is 1.36 bits per heavy atom. The van der Waals surface area contributed by atoms with E-state index in [2.05, 4.69) is 5.32 Å². The molecule has 0 aromatic carbocycles. The van der Waals surface area contributed by atoms with Crippen LogP contribution in [0.4, 0.5) is 0 Å². The monoisotopic (exact) mass is 199 g/mol. The van der Waals surface area contributed by atoms with Crippen molar-refractivity contribution in [2.45, 2.75) is 44.4 Å². The first-order valence-corrected chi connectivity index (χ1v) is 5.73. The van der Waals surface area contributed by atoms with Crippen LogP contribution in [-0.4, -0.2) is 38.5 Å². The Morgan fingerprint density at radius 2 is 2.14 bits per heavy atom. The molecule has 2 aliphatic rings. The van der Waals surface area contributed by atoms with Crippen molar-refractivity contribution in [1.82, 2.24) is 5.32 Å². The highest BCUT2D eigenvalue weighted by Gasteiger charge is 2.42. The van der Waals surface area contributed by atoms with E-state index in [1.165, 1.54) is 19.4 Å². The number of hydrogen-bond acceptors (Lipinski definition) is 3. The average molecular weight is 199 g/mol. The fourth-order valence-corrected chi connectivity index (χ4v) is 2.11. The molecular formula is C11H21NO2. The highest BCUT2D eigenvalue weighted by molar-refractivity contribution is 4.97.